The molecule has 3 atom stereocenters. The van der Waals surface area contributed by atoms with Gasteiger partial charge < -0.3 is 5.32 Å². The average Bonchev–Trinajstić information content (AvgIpc) is 2.41. The molecule has 2 fully saturated rings. The molecule has 0 radical (unpaired) electrons. The predicted molar refractivity (Wildman–Crippen MR) is 82.3 cm³/mol. The number of thioether (sulfide) groups is 1. The molecule has 0 aromatic carbocycles. The van der Waals surface area contributed by atoms with E-state index in [1.54, 1.807) is 0 Å². The van der Waals surface area contributed by atoms with E-state index in [0.29, 0.717) is 6.04 Å². The maximum absolute atomic E-state index is 3.74. The van der Waals surface area contributed by atoms with Gasteiger partial charge in [-0.2, -0.15) is 11.8 Å². The van der Waals surface area contributed by atoms with Crippen LogP contribution in [-0.2, 0) is 0 Å². The highest BCUT2D eigenvalue weighted by Gasteiger charge is 2.29. The van der Waals surface area contributed by atoms with Crippen LogP contribution in [-0.4, -0.2) is 48.1 Å². The Kier molecular flexibility index (Phi) is 5.84. The minimum absolute atomic E-state index is 0.712. The minimum Gasteiger partial charge on any atom is -0.311 e. The van der Waals surface area contributed by atoms with E-state index in [9.17, 15) is 0 Å². The number of hydrogen-bond acceptors (Lipinski definition) is 3. The standard InChI is InChI=1S/C15H30N2S/c1-4-12(2)15-11-17(13(3)9-16-15)10-14-5-7-18-8-6-14/h12-16H,4-11H2,1-3H3. The quantitative estimate of drug-likeness (QED) is 0.846. The number of rotatable bonds is 4. The molecule has 0 spiro atoms. The van der Waals surface area contributed by atoms with Crippen molar-refractivity contribution >= 4 is 11.8 Å². The number of nitrogens with zero attached hydrogens (tertiary/aromatic N) is 1. The molecule has 2 aliphatic heterocycles. The van der Waals surface area contributed by atoms with Gasteiger partial charge in [0.25, 0.3) is 0 Å². The first kappa shape index (κ1) is 14.7. The smallest absolute Gasteiger partial charge is 0.0221 e. The normalized spacial score (nSPS) is 33.5. The maximum atomic E-state index is 3.74. The van der Waals surface area contributed by atoms with Crippen LogP contribution in [0.25, 0.3) is 0 Å². The minimum atomic E-state index is 0.712. The van der Waals surface area contributed by atoms with Gasteiger partial charge in [0.1, 0.15) is 0 Å². The molecular weight excluding hydrogens is 240 g/mol. The van der Waals surface area contributed by atoms with Gasteiger partial charge in [-0.25, -0.2) is 0 Å². The summed E-state index contributed by atoms with van der Waals surface area (Å²) in [7, 11) is 0. The van der Waals surface area contributed by atoms with Crippen molar-refractivity contribution in [3.05, 3.63) is 0 Å². The van der Waals surface area contributed by atoms with Gasteiger partial charge in [0.2, 0.25) is 0 Å². The van der Waals surface area contributed by atoms with Crippen molar-refractivity contribution in [1.29, 1.82) is 0 Å². The molecule has 0 aliphatic carbocycles. The van der Waals surface area contributed by atoms with Gasteiger partial charge in [-0.05, 0) is 43.1 Å². The zero-order valence-electron chi connectivity index (χ0n) is 12.3. The molecular formula is C15H30N2S. The molecule has 106 valence electrons. The van der Waals surface area contributed by atoms with Gasteiger partial charge >= 0.3 is 0 Å². The molecule has 0 amide bonds. The van der Waals surface area contributed by atoms with Crippen molar-refractivity contribution in [1.82, 2.24) is 10.2 Å². The molecule has 2 nitrogen and oxygen atoms in total. The van der Waals surface area contributed by atoms with E-state index >= 15 is 0 Å². The van der Waals surface area contributed by atoms with Crippen LogP contribution in [0.15, 0.2) is 0 Å². The summed E-state index contributed by atoms with van der Waals surface area (Å²) in [6.45, 7) is 10.9. The second kappa shape index (κ2) is 7.16. The molecule has 2 saturated heterocycles. The lowest BCUT2D eigenvalue weighted by Crippen LogP contribution is -2.58. The molecule has 3 unspecified atom stereocenters. The summed E-state index contributed by atoms with van der Waals surface area (Å²) in [5.41, 5.74) is 0. The van der Waals surface area contributed by atoms with Gasteiger partial charge in [0.15, 0.2) is 0 Å². The topological polar surface area (TPSA) is 15.3 Å². The Morgan fingerprint density at radius 1 is 1.33 bits per heavy atom. The lowest BCUT2D eigenvalue weighted by Gasteiger charge is -2.42. The first-order chi connectivity index (χ1) is 8.70. The Hall–Kier alpha value is 0.270. The fourth-order valence-electron chi connectivity index (χ4n) is 3.13. The molecule has 0 saturated carbocycles. The lowest BCUT2D eigenvalue weighted by molar-refractivity contribution is 0.0988. The summed E-state index contributed by atoms with van der Waals surface area (Å²) in [6, 6.07) is 1.43. The molecule has 0 aromatic rings. The summed E-state index contributed by atoms with van der Waals surface area (Å²) in [6.07, 6.45) is 4.17. The first-order valence-electron chi connectivity index (χ1n) is 7.75. The molecule has 3 heteroatoms. The summed E-state index contributed by atoms with van der Waals surface area (Å²) >= 11 is 2.14. The first-order valence-corrected chi connectivity index (χ1v) is 8.91. The molecule has 1 N–H and O–H groups in total. The molecule has 0 aromatic heterocycles. The predicted octanol–water partition coefficient (Wildman–Crippen LogP) is 2.84. The third kappa shape index (κ3) is 3.88. The van der Waals surface area contributed by atoms with E-state index in [2.05, 4.69) is 42.7 Å². The van der Waals surface area contributed by atoms with Crippen LogP contribution >= 0.6 is 11.8 Å². The van der Waals surface area contributed by atoms with Crippen molar-refractivity contribution in [2.24, 2.45) is 11.8 Å². The second-order valence-electron chi connectivity index (χ2n) is 6.26. The fraction of sp³-hybridized carbons (Fsp3) is 1.00. The summed E-state index contributed by atoms with van der Waals surface area (Å²) < 4.78 is 0. The van der Waals surface area contributed by atoms with Crippen LogP contribution < -0.4 is 5.32 Å². The van der Waals surface area contributed by atoms with Crippen LogP contribution in [0.3, 0.4) is 0 Å². The average molecular weight is 270 g/mol. The van der Waals surface area contributed by atoms with Crippen molar-refractivity contribution in [2.75, 3.05) is 31.1 Å². The Balaban J connectivity index is 1.84. The zero-order chi connectivity index (χ0) is 13.0. The SMILES string of the molecule is CCC(C)C1CN(CC2CCSCC2)C(C)CN1. The van der Waals surface area contributed by atoms with Crippen molar-refractivity contribution in [3.8, 4) is 0 Å². The molecule has 0 bridgehead atoms. The van der Waals surface area contributed by atoms with Crippen molar-refractivity contribution in [3.63, 3.8) is 0 Å². The Bertz CT molecular complexity index is 239. The lowest BCUT2D eigenvalue weighted by atomic mass is 9.94. The molecule has 2 heterocycles. The summed E-state index contributed by atoms with van der Waals surface area (Å²) in [5, 5.41) is 3.74. The highest BCUT2D eigenvalue weighted by molar-refractivity contribution is 7.99. The third-order valence-corrected chi connectivity index (χ3v) is 5.94. The van der Waals surface area contributed by atoms with Gasteiger partial charge in [-0.3, -0.25) is 4.90 Å². The zero-order valence-corrected chi connectivity index (χ0v) is 13.1. The number of nitrogens with one attached hydrogen (secondary N) is 1. The van der Waals surface area contributed by atoms with Gasteiger partial charge in [-0.1, -0.05) is 20.3 Å². The van der Waals surface area contributed by atoms with E-state index in [0.717, 1.165) is 17.9 Å². The Morgan fingerprint density at radius 3 is 2.72 bits per heavy atom. The highest BCUT2D eigenvalue weighted by atomic mass is 32.2. The third-order valence-electron chi connectivity index (χ3n) is 4.89. The van der Waals surface area contributed by atoms with Crippen LogP contribution in [0.5, 0.6) is 0 Å². The van der Waals surface area contributed by atoms with Crippen molar-refractivity contribution in [2.45, 2.75) is 52.1 Å². The second-order valence-corrected chi connectivity index (χ2v) is 7.48. The van der Waals surface area contributed by atoms with Gasteiger partial charge in [0, 0.05) is 31.7 Å². The van der Waals surface area contributed by atoms with E-state index in [-0.39, 0.29) is 0 Å². The highest BCUT2D eigenvalue weighted by Crippen LogP contribution is 2.25. The largest absolute Gasteiger partial charge is 0.311 e. The summed E-state index contributed by atoms with van der Waals surface area (Å²) in [4.78, 5) is 2.76. The fourth-order valence-corrected chi connectivity index (χ4v) is 4.33. The molecule has 2 rings (SSSR count). The van der Waals surface area contributed by atoms with Gasteiger partial charge in [-0.15, -0.1) is 0 Å². The van der Waals surface area contributed by atoms with E-state index in [1.807, 2.05) is 0 Å². The van der Waals surface area contributed by atoms with E-state index in [1.165, 1.54) is 50.4 Å². The van der Waals surface area contributed by atoms with Crippen LogP contribution in [0.1, 0.15) is 40.0 Å². The van der Waals surface area contributed by atoms with E-state index in [4.69, 9.17) is 0 Å². The molecule has 18 heavy (non-hydrogen) atoms. The van der Waals surface area contributed by atoms with Crippen molar-refractivity contribution < 1.29 is 0 Å². The molecule has 2 aliphatic rings. The summed E-state index contributed by atoms with van der Waals surface area (Å²) in [5.74, 6) is 4.55. The van der Waals surface area contributed by atoms with E-state index < -0.39 is 0 Å². The number of piperazine rings is 1. The van der Waals surface area contributed by atoms with Gasteiger partial charge in [0.05, 0.1) is 0 Å². The van der Waals surface area contributed by atoms with Crippen LogP contribution in [0, 0.1) is 11.8 Å². The Labute approximate surface area is 117 Å². The maximum Gasteiger partial charge on any atom is 0.0221 e. The monoisotopic (exact) mass is 270 g/mol. The van der Waals surface area contributed by atoms with Crippen LogP contribution in [0.4, 0.5) is 0 Å². The number of hydrogen-bond donors (Lipinski definition) is 1. The van der Waals surface area contributed by atoms with Crippen LogP contribution in [0.2, 0.25) is 0 Å². The Morgan fingerprint density at radius 2 is 2.06 bits per heavy atom.